The van der Waals surface area contributed by atoms with E-state index in [9.17, 15) is 8.78 Å². The van der Waals surface area contributed by atoms with Gasteiger partial charge in [-0.05, 0) is 31.0 Å². The zero-order chi connectivity index (χ0) is 12.4. The molecule has 0 spiro atoms. The van der Waals surface area contributed by atoms with Crippen molar-refractivity contribution in [2.75, 3.05) is 0 Å². The summed E-state index contributed by atoms with van der Waals surface area (Å²) in [5.74, 6) is -1.16. The lowest BCUT2D eigenvalue weighted by Gasteiger charge is -2.09. The van der Waals surface area contributed by atoms with Gasteiger partial charge in [0.05, 0.1) is 16.7 Å². The molecule has 1 unspecified atom stereocenters. The van der Waals surface area contributed by atoms with E-state index >= 15 is 0 Å². The van der Waals surface area contributed by atoms with Gasteiger partial charge in [0.15, 0.2) is 0 Å². The van der Waals surface area contributed by atoms with Crippen molar-refractivity contribution in [3.63, 3.8) is 0 Å². The molecule has 90 valence electrons. The molecular weight excluding hydrogens is 242 g/mol. The lowest BCUT2D eigenvalue weighted by Crippen LogP contribution is -2.14. The third-order valence-corrected chi connectivity index (χ3v) is 3.19. The zero-order valence-corrected chi connectivity index (χ0v) is 10.1. The number of benzene rings is 1. The van der Waals surface area contributed by atoms with Crippen molar-refractivity contribution in [1.82, 2.24) is 4.98 Å². The number of rotatable bonds is 3. The van der Waals surface area contributed by atoms with Gasteiger partial charge in [0.2, 0.25) is 0 Å². The van der Waals surface area contributed by atoms with Crippen molar-refractivity contribution >= 4 is 11.3 Å². The fraction of sp³-hybridized carbons (Fsp3) is 0.250. The molecule has 0 saturated heterocycles. The first-order chi connectivity index (χ1) is 8.04. The molecule has 2 nitrogen and oxygen atoms in total. The molecule has 0 aliphatic carbocycles. The summed E-state index contributed by atoms with van der Waals surface area (Å²) in [6.07, 6.45) is 0.373. The molecule has 0 aliphatic heterocycles. The summed E-state index contributed by atoms with van der Waals surface area (Å²) >= 11 is 1.51. The van der Waals surface area contributed by atoms with Crippen molar-refractivity contribution in [2.45, 2.75) is 19.4 Å². The highest BCUT2D eigenvalue weighted by Crippen LogP contribution is 2.19. The summed E-state index contributed by atoms with van der Waals surface area (Å²) in [5, 5.41) is 2.80. The second-order valence-electron chi connectivity index (χ2n) is 3.88. The summed E-state index contributed by atoms with van der Waals surface area (Å²) in [6, 6.07) is 3.10. The van der Waals surface area contributed by atoms with Gasteiger partial charge in [-0.2, -0.15) is 0 Å². The minimum Gasteiger partial charge on any atom is -0.322 e. The Balaban J connectivity index is 2.15. The Bertz CT molecular complexity index is 505. The minimum absolute atomic E-state index is 0.332. The minimum atomic E-state index is -0.582. The molecule has 0 aliphatic rings. The van der Waals surface area contributed by atoms with E-state index in [-0.39, 0.29) is 6.04 Å². The molecule has 0 saturated carbocycles. The van der Waals surface area contributed by atoms with Gasteiger partial charge in [-0.3, -0.25) is 0 Å². The molecular formula is C12H12F2N2S. The van der Waals surface area contributed by atoms with E-state index in [2.05, 4.69) is 4.98 Å². The molecule has 2 rings (SSSR count). The zero-order valence-electron chi connectivity index (χ0n) is 9.28. The quantitative estimate of drug-likeness (QED) is 0.914. The Hall–Kier alpha value is -1.33. The van der Waals surface area contributed by atoms with Crippen molar-refractivity contribution in [1.29, 1.82) is 0 Å². The predicted octanol–water partition coefficient (Wildman–Crippen LogP) is 2.97. The Labute approximate surface area is 102 Å². The van der Waals surface area contributed by atoms with Gasteiger partial charge in [-0.25, -0.2) is 13.8 Å². The molecule has 1 aromatic heterocycles. The average Bonchev–Trinajstić information content (AvgIpc) is 2.63. The molecule has 0 bridgehead atoms. The monoisotopic (exact) mass is 254 g/mol. The van der Waals surface area contributed by atoms with Gasteiger partial charge < -0.3 is 5.73 Å². The van der Waals surface area contributed by atoms with Crippen molar-refractivity contribution in [3.8, 4) is 0 Å². The van der Waals surface area contributed by atoms with E-state index in [4.69, 9.17) is 5.73 Å². The van der Waals surface area contributed by atoms with Crippen LogP contribution >= 0.6 is 11.3 Å². The van der Waals surface area contributed by atoms with Gasteiger partial charge in [-0.1, -0.05) is 0 Å². The van der Waals surface area contributed by atoms with E-state index in [1.807, 2.05) is 12.3 Å². The van der Waals surface area contributed by atoms with Crippen LogP contribution in [0.3, 0.4) is 0 Å². The molecule has 1 aromatic carbocycles. The van der Waals surface area contributed by atoms with Gasteiger partial charge in [-0.15, -0.1) is 11.3 Å². The van der Waals surface area contributed by atoms with Gasteiger partial charge >= 0.3 is 0 Å². The number of nitrogens with two attached hydrogens (primary N) is 1. The van der Waals surface area contributed by atoms with E-state index in [0.29, 0.717) is 12.0 Å². The second kappa shape index (κ2) is 4.89. The lowest BCUT2D eigenvalue weighted by molar-refractivity contribution is 0.576. The molecule has 1 atom stereocenters. The summed E-state index contributed by atoms with van der Waals surface area (Å²) in [6.45, 7) is 1.89. The van der Waals surface area contributed by atoms with E-state index < -0.39 is 11.6 Å². The van der Waals surface area contributed by atoms with Crippen LogP contribution in [0.1, 0.15) is 22.3 Å². The van der Waals surface area contributed by atoms with E-state index in [1.54, 1.807) is 0 Å². The smallest absolute Gasteiger partial charge is 0.126 e. The van der Waals surface area contributed by atoms with Gasteiger partial charge in [0.1, 0.15) is 11.6 Å². The third-order valence-electron chi connectivity index (χ3n) is 2.39. The summed E-state index contributed by atoms with van der Waals surface area (Å²) in [5.41, 5.74) is 7.24. The van der Waals surface area contributed by atoms with Crippen molar-refractivity contribution in [2.24, 2.45) is 5.73 Å². The normalized spacial score (nSPS) is 12.7. The Morgan fingerprint density at radius 3 is 2.47 bits per heavy atom. The largest absolute Gasteiger partial charge is 0.322 e. The van der Waals surface area contributed by atoms with Gasteiger partial charge in [0.25, 0.3) is 0 Å². The number of aromatic nitrogens is 1. The third kappa shape index (κ3) is 3.08. The summed E-state index contributed by atoms with van der Waals surface area (Å²) in [7, 11) is 0. The molecule has 5 heteroatoms. The van der Waals surface area contributed by atoms with Gasteiger partial charge in [0, 0.05) is 11.4 Å². The van der Waals surface area contributed by atoms with Crippen LogP contribution in [-0.2, 0) is 6.42 Å². The second-order valence-corrected chi connectivity index (χ2v) is 4.94. The number of hydrogen-bond acceptors (Lipinski definition) is 3. The maximum atomic E-state index is 13.0. The van der Waals surface area contributed by atoms with Crippen LogP contribution in [0.25, 0.3) is 0 Å². The maximum Gasteiger partial charge on any atom is 0.126 e. The fourth-order valence-corrected chi connectivity index (χ4v) is 2.31. The standard InChI is InChI=1S/C12H12F2N2S/c1-7-16-12(6-17-7)11(15)4-8-2-9(13)5-10(14)3-8/h2-3,5-6,11H,4,15H2,1H3. The Kier molecular flexibility index (Phi) is 3.49. The number of thiazole rings is 1. The molecule has 17 heavy (non-hydrogen) atoms. The molecule has 0 fully saturated rings. The molecule has 2 aromatic rings. The first-order valence-corrected chi connectivity index (χ1v) is 6.05. The first-order valence-electron chi connectivity index (χ1n) is 5.17. The Morgan fingerprint density at radius 2 is 1.94 bits per heavy atom. The highest BCUT2D eigenvalue weighted by molar-refractivity contribution is 7.09. The highest BCUT2D eigenvalue weighted by Gasteiger charge is 2.11. The van der Waals surface area contributed by atoms with Crippen LogP contribution < -0.4 is 5.73 Å². The average molecular weight is 254 g/mol. The molecule has 2 N–H and O–H groups in total. The summed E-state index contributed by atoms with van der Waals surface area (Å²) < 4.78 is 26.0. The number of hydrogen-bond donors (Lipinski definition) is 1. The number of aryl methyl sites for hydroxylation is 1. The molecule has 0 amide bonds. The van der Waals surface area contributed by atoms with E-state index in [0.717, 1.165) is 16.8 Å². The van der Waals surface area contributed by atoms with Crippen molar-refractivity contribution in [3.05, 3.63) is 51.5 Å². The Morgan fingerprint density at radius 1 is 1.29 bits per heavy atom. The summed E-state index contributed by atoms with van der Waals surface area (Å²) in [4.78, 5) is 4.26. The van der Waals surface area contributed by atoms with Crippen LogP contribution in [0.15, 0.2) is 23.6 Å². The van der Waals surface area contributed by atoms with Crippen LogP contribution in [0, 0.1) is 18.6 Å². The predicted molar refractivity (Wildman–Crippen MR) is 63.8 cm³/mol. The number of nitrogens with zero attached hydrogens (tertiary/aromatic N) is 1. The van der Waals surface area contributed by atoms with Crippen LogP contribution in [0.2, 0.25) is 0 Å². The van der Waals surface area contributed by atoms with Crippen LogP contribution in [0.4, 0.5) is 8.78 Å². The SMILES string of the molecule is Cc1nc(C(N)Cc2cc(F)cc(F)c2)cs1. The lowest BCUT2D eigenvalue weighted by atomic mass is 10.0. The maximum absolute atomic E-state index is 13.0. The molecule has 0 radical (unpaired) electrons. The van der Waals surface area contributed by atoms with Crippen LogP contribution in [0.5, 0.6) is 0 Å². The topological polar surface area (TPSA) is 38.9 Å². The highest BCUT2D eigenvalue weighted by atomic mass is 32.1. The van der Waals surface area contributed by atoms with E-state index in [1.165, 1.54) is 23.5 Å². The molecule has 1 heterocycles. The first kappa shape index (κ1) is 12.1. The fourth-order valence-electron chi connectivity index (χ4n) is 1.64. The van der Waals surface area contributed by atoms with Crippen molar-refractivity contribution < 1.29 is 8.78 Å². The van der Waals surface area contributed by atoms with Crippen LogP contribution in [-0.4, -0.2) is 4.98 Å². The number of halogens is 2.